The number of carbonyl (C=O) groups excluding carboxylic acids is 2. The molecule has 0 N–H and O–H groups in total. The Morgan fingerprint density at radius 1 is 1.11 bits per heavy atom. The van der Waals surface area contributed by atoms with Gasteiger partial charge in [-0.2, -0.15) is 0 Å². The van der Waals surface area contributed by atoms with Crippen LogP contribution in [0.4, 0.5) is 10.1 Å². The van der Waals surface area contributed by atoms with E-state index in [2.05, 4.69) is 4.98 Å². The second-order valence-corrected chi connectivity index (χ2v) is 7.23. The Hall–Kier alpha value is -2.96. The number of rotatable bonds is 4. The fourth-order valence-electron chi connectivity index (χ4n) is 3.85. The summed E-state index contributed by atoms with van der Waals surface area (Å²) in [5.74, 6) is -0.103. The van der Waals surface area contributed by atoms with Gasteiger partial charge in [-0.05, 0) is 49.2 Å². The first-order valence-corrected chi connectivity index (χ1v) is 9.51. The number of benzene rings is 1. The minimum absolute atomic E-state index is 0.0130. The van der Waals surface area contributed by atoms with Crippen molar-refractivity contribution in [2.24, 2.45) is 5.92 Å². The molecule has 2 fully saturated rings. The summed E-state index contributed by atoms with van der Waals surface area (Å²) in [5, 5.41) is 0. The Morgan fingerprint density at radius 2 is 1.86 bits per heavy atom. The number of pyridine rings is 1. The van der Waals surface area contributed by atoms with Gasteiger partial charge in [-0.15, -0.1) is 0 Å². The van der Waals surface area contributed by atoms with E-state index in [-0.39, 0.29) is 36.1 Å². The van der Waals surface area contributed by atoms with Crippen molar-refractivity contribution in [2.45, 2.75) is 25.4 Å². The van der Waals surface area contributed by atoms with Crippen molar-refractivity contribution >= 4 is 17.5 Å². The van der Waals surface area contributed by atoms with Crippen LogP contribution in [0.25, 0.3) is 0 Å². The third kappa shape index (κ3) is 3.98. The summed E-state index contributed by atoms with van der Waals surface area (Å²) in [6.45, 7) is 1.52. The van der Waals surface area contributed by atoms with Gasteiger partial charge >= 0.3 is 0 Å². The molecular weight excluding hydrogens is 361 g/mol. The van der Waals surface area contributed by atoms with E-state index in [0.717, 1.165) is 18.6 Å². The summed E-state index contributed by atoms with van der Waals surface area (Å²) in [4.78, 5) is 32.7. The van der Waals surface area contributed by atoms with Crippen LogP contribution < -0.4 is 9.64 Å². The maximum absolute atomic E-state index is 13.1. The predicted molar refractivity (Wildman–Crippen MR) is 101 cm³/mol. The first-order valence-electron chi connectivity index (χ1n) is 9.51. The third-order valence-corrected chi connectivity index (χ3v) is 5.25. The molecule has 2 atom stereocenters. The van der Waals surface area contributed by atoms with Crippen LogP contribution in [0.1, 0.15) is 19.3 Å². The molecule has 2 aliphatic rings. The number of carbonyl (C=O) groups is 2. The van der Waals surface area contributed by atoms with Crippen molar-refractivity contribution in [3.8, 4) is 5.75 Å². The fourth-order valence-corrected chi connectivity index (χ4v) is 3.85. The minimum Gasteiger partial charge on any atom is -0.488 e. The summed E-state index contributed by atoms with van der Waals surface area (Å²) in [7, 11) is 0. The van der Waals surface area contributed by atoms with Gasteiger partial charge in [-0.25, -0.2) is 4.39 Å². The Balaban J connectivity index is 1.38. The minimum atomic E-state index is -0.378. The lowest BCUT2D eigenvalue weighted by atomic mass is 10.0. The average molecular weight is 383 g/mol. The molecule has 2 saturated heterocycles. The van der Waals surface area contributed by atoms with E-state index in [1.165, 1.54) is 12.1 Å². The third-order valence-electron chi connectivity index (χ3n) is 5.25. The topological polar surface area (TPSA) is 62.7 Å². The Morgan fingerprint density at radius 3 is 2.61 bits per heavy atom. The standard InChI is InChI=1S/C21H22FN3O3/c22-16-3-5-17(6-4-16)25-13-15(12-20(25)26)21(27)24-11-1-2-19(14-24)28-18-7-9-23-10-8-18/h3-10,15,19H,1-2,11-14H2. The Labute approximate surface area is 162 Å². The number of nitrogens with zero attached hydrogens (tertiary/aromatic N) is 3. The van der Waals surface area contributed by atoms with Crippen molar-refractivity contribution in [1.82, 2.24) is 9.88 Å². The molecule has 1 aromatic heterocycles. The summed E-state index contributed by atoms with van der Waals surface area (Å²) in [5.41, 5.74) is 0.624. The first-order chi connectivity index (χ1) is 13.6. The van der Waals surface area contributed by atoms with E-state index in [4.69, 9.17) is 4.74 Å². The van der Waals surface area contributed by atoms with E-state index < -0.39 is 0 Å². The van der Waals surface area contributed by atoms with Crippen molar-refractivity contribution in [3.05, 3.63) is 54.6 Å². The van der Waals surface area contributed by atoms with Crippen molar-refractivity contribution in [2.75, 3.05) is 24.5 Å². The monoisotopic (exact) mass is 383 g/mol. The molecule has 2 aromatic rings. The van der Waals surface area contributed by atoms with Gasteiger partial charge in [0.05, 0.1) is 12.5 Å². The maximum Gasteiger partial charge on any atom is 0.228 e. The Kier molecular flexibility index (Phi) is 5.23. The van der Waals surface area contributed by atoms with Crippen LogP contribution in [0.5, 0.6) is 5.75 Å². The largest absolute Gasteiger partial charge is 0.488 e. The van der Waals surface area contributed by atoms with E-state index >= 15 is 0 Å². The maximum atomic E-state index is 13.1. The number of ether oxygens (including phenoxy) is 1. The van der Waals surface area contributed by atoms with Gasteiger partial charge in [0.15, 0.2) is 0 Å². The van der Waals surface area contributed by atoms with Gasteiger partial charge in [0, 0.05) is 37.6 Å². The van der Waals surface area contributed by atoms with Crippen LogP contribution in [-0.4, -0.2) is 47.4 Å². The van der Waals surface area contributed by atoms with Gasteiger partial charge in [-0.1, -0.05) is 0 Å². The van der Waals surface area contributed by atoms with Gasteiger partial charge in [0.2, 0.25) is 11.8 Å². The molecule has 0 saturated carbocycles. The zero-order valence-corrected chi connectivity index (χ0v) is 15.5. The summed E-state index contributed by atoms with van der Waals surface area (Å²) in [6.07, 6.45) is 5.22. The molecule has 4 rings (SSSR count). The highest BCUT2D eigenvalue weighted by molar-refractivity contribution is 6.00. The van der Waals surface area contributed by atoms with Crippen LogP contribution in [0.2, 0.25) is 0 Å². The molecule has 0 aliphatic carbocycles. The van der Waals surface area contributed by atoms with E-state index in [9.17, 15) is 14.0 Å². The number of anilines is 1. The van der Waals surface area contributed by atoms with Gasteiger partial charge < -0.3 is 14.5 Å². The zero-order valence-electron chi connectivity index (χ0n) is 15.5. The number of hydrogen-bond donors (Lipinski definition) is 0. The number of likely N-dealkylation sites (tertiary alicyclic amines) is 1. The lowest BCUT2D eigenvalue weighted by Gasteiger charge is -2.34. The Bertz CT molecular complexity index is 844. The van der Waals surface area contributed by atoms with Gasteiger partial charge in [0.1, 0.15) is 17.7 Å². The summed E-state index contributed by atoms with van der Waals surface area (Å²) in [6, 6.07) is 9.39. The number of amides is 2. The molecule has 0 radical (unpaired) electrons. The molecule has 2 amide bonds. The van der Waals surface area contributed by atoms with Crippen molar-refractivity contribution in [1.29, 1.82) is 0 Å². The summed E-state index contributed by atoms with van der Waals surface area (Å²) >= 11 is 0. The summed E-state index contributed by atoms with van der Waals surface area (Å²) < 4.78 is 19.1. The molecule has 2 unspecified atom stereocenters. The normalized spacial score (nSPS) is 22.4. The van der Waals surface area contributed by atoms with Crippen LogP contribution >= 0.6 is 0 Å². The highest BCUT2D eigenvalue weighted by atomic mass is 19.1. The molecule has 3 heterocycles. The fraction of sp³-hybridized carbons (Fsp3) is 0.381. The average Bonchev–Trinajstić information content (AvgIpc) is 3.10. The number of piperidine rings is 1. The van der Waals surface area contributed by atoms with Crippen LogP contribution in [-0.2, 0) is 9.59 Å². The van der Waals surface area contributed by atoms with Gasteiger partial charge in [-0.3, -0.25) is 14.6 Å². The molecule has 1 aromatic carbocycles. The number of aromatic nitrogens is 1. The predicted octanol–water partition coefficient (Wildman–Crippen LogP) is 2.64. The molecule has 7 heteroatoms. The molecule has 0 bridgehead atoms. The highest BCUT2D eigenvalue weighted by Gasteiger charge is 2.38. The van der Waals surface area contributed by atoms with Crippen molar-refractivity contribution in [3.63, 3.8) is 0 Å². The number of halogens is 1. The smallest absolute Gasteiger partial charge is 0.228 e. The van der Waals surface area contributed by atoms with Gasteiger partial charge in [0.25, 0.3) is 0 Å². The second kappa shape index (κ2) is 7.96. The first kappa shape index (κ1) is 18.4. The van der Waals surface area contributed by atoms with Crippen LogP contribution in [0, 0.1) is 11.7 Å². The number of hydrogen-bond acceptors (Lipinski definition) is 4. The lowest BCUT2D eigenvalue weighted by molar-refractivity contribution is -0.138. The van der Waals surface area contributed by atoms with E-state index in [1.54, 1.807) is 41.6 Å². The molecule has 6 nitrogen and oxygen atoms in total. The lowest BCUT2D eigenvalue weighted by Crippen LogP contribution is -2.47. The molecular formula is C21H22FN3O3. The van der Waals surface area contributed by atoms with E-state index in [1.807, 2.05) is 4.90 Å². The molecule has 28 heavy (non-hydrogen) atoms. The zero-order chi connectivity index (χ0) is 19.5. The second-order valence-electron chi connectivity index (χ2n) is 7.23. The molecule has 0 spiro atoms. The highest BCUT2D eigenvalue weighted by Crippen LogP contribution is 2.28. The van der Waals surface area contributed by atoms with Crippen molar-refractivity contribution < 1.29 is 18.7 Å². The van der Waals surface area contributed by atoms with E-state index in [0.29, 0.717) is 25.3 Å². The molecule has 146 valence electrons. The molecule has 2 aliphatic heterocycles. The van der Waals surface area contributed by atoms with Crippen LogP contribution in [0.15, 0.2) is 48.8 Å². The SMILES string of the molecule is O=C(C1CC(=O)N(c2ccc(F)cc2)C1)N1CCCC(Oc2ccncc2)C1. The quantitative estimate of drug-likeness (QED) is 0.814. The van der Waals surface area contributed by atoms with Crippen LogP contribution in [0.3, 0.4) is 0 Å².